The number of hydrogen-bond acceptors (Lipinski definition) is 4. The van der Waals surface area contributed by atoms with Crippen LogP contribution in [0.4, 0.5) is 0 Å². The molecule has 0 bridgehead atoms. The van der Waals surface area contributed by atoms with Crippen molar-refractivity contribution in [1.29, 1.82) is 0 Å². The minimum absolute atomic E-state index is 0.0203. The summed E-state index contributed by atoms with van der Waals surface area (Å²) in [7, 11) is 1.69. The van der Waals surface area contributed by atoms with Crippen LogP contribution >= 0.6 is 0 Å². The van der Waals surface area contributed by atoms with Crippen LogP contribution in [0.3, 0.4) is 0 Å². The van der Waals surface area contributed by atoms with Gasteiger partial charge in [-0.05, 0) is 43.0 Å². The number of rotatable bonds is 3. The van der Waals surface area contributed by atoms with Gasteiger partial charge in [-0.1, -0.05) is 0 Å². The summed E-state index contributed by atoms with van der Waals surface area (Å²) in [5.74, 6) is 1.52. The van der Waals surface area contributed by atoms with Crippen molar-refractivity contribution < 1.29 is 14.3 Å². The maximum Gasteiger partial charge on any atom is 0.244 e. The highest BCUT2D eigenvalue weighted by molar-refractivity contribution is 5.91. The van der Waals surface area contributed by atoms with Gasteiger partial charge in [-0.15, -0.1) is 0 Å². The first-order valence-electron chi connectivity index (χ1n) is 6.05. The standard InChI is InChI=1S/C13H16N2O3/c1-8-5-10-11(18-7-17-10)6-9(8)13(3-4-13)12(16)15-14-2/h5-6,14H,3-4,7H2,1-2H3,(H,15,16). The summed E-state index contributed by atoms with van der Waals surface area (Å²) >= 11 is 0. The zero-order valence-electron chi connectivity index (χ0n) is 10.5. The van der Waals surface area contributed by atoms with Crippen molar-refractivity contribution in [3.63, 3.8) is 0 Å². The van der Waals surface area contributed by atoms with Crippen LogP contribution < -0.4 is 20.3 Å². The molecular formula is C13H16N2O3. The second-order valence-electron chi connectivity index (χ2n) is 4.81. The Morgan fingerprint density at radius 3 is 2.56 bits per heavy atom. The quantitative estimate of drug-likeness (QED) is 0.784. The van der Waals surface area contributed by atoms with Crippen LogP contribution in [0, 0.1) is 6.92 Å². The SMILES string of the molecule is CNNC(=O)C1(c2cc3c(cc2C)OCO3)CC1. The van der Waals surface area contributed by atoms with Crippen LogP contribution in [0.15, 0.2) is 12.1 Å². The zero-order valence-corrected chi connectivity index (χ0v) is 10.5. The van der Waals surface area contributed by atoms with Crippen molar-refractivity contribution in [3.8, 4) is 11.5 Å². The summed E-state index contributed by atoms with van der Waals surface area (Å²) in [6.45, 7) is 2.26. The molecule has 1 aromatic rings. The third-order valence-corrected chi connectivity index (χ3v) is 3.66. The van der Waals surface area contributed by atoms with Crippen molar-refractivity contribution >= 4 is 5.91 Å². The van der Waals surface area contributed by atoms with Gasteiger partial charge >= 0.3 is 0 Å². The topological polar surface area (TPSA) is 59.6 Å². The first-order chi connectivity index (χ1) is 8.67. The number of nitrogens with one attached hydrogen (secondary N) is 2. The molecule has 3 rings (SSSR count). The summed E-state index contributed by atoms with van der Waals surface area (Å²) in [5.41, 5.74) is 7.10. The van der Waals surface area contributed by atoms with Gasteiger partial charge in [0.1, 0.15) is 0 Å². The number of hydrogen-bond donors (Lipinski definition) is 2. The summed E-state index contributed by atoms with van der Waals surface area (Å²) < 4.78 is 10.7. The van der Waals surface area contributed by atoms with Crippen LogP contribution in [-0.2, 0) is 10.2 Å². The average molecular weight is 248 g/mol. The maximum atomic E-state index is 12.1. The number of fused-ring (bicyclic) bond motifs is 1. The van der Waals surface area contributed by atoms with Gasteiger partial charge in [0.2, 0.25) is 12.7 Å². The second-order valence-corrected chi connectivity index (χ2v) is 4.81. The predicted molar refractivity (Wildman–Crippen MR) is 65.4 cm³/mol. The molecule has 1 amide bonds. The number of aryl methyl sites for hydroxylation is 1. The Morgan fingerprint density at radius 2 is 1.94 bits per heavy atom. The summed E-state index contributed by atoms with van der Waals surface area (Å²) in [6, 6.07) is 3.89. The lowest BCUT2D eigenvalue weighted by Crippen LogP contribution is -2.41. The van der Waals surface area contributed by atoms with Crippen molar-refractivity contribution in [2.75, 3.05) is 13.8 Å². The molecule has 1 saturated carbocycles. The van der Waals surface area contributed by atoms with Gasteiger partial charge in [0.05, 0.1) is 5.41 Å². The predicted octanol–water partition coefficient (Wildman–Crippen LogP) is 1.01. The van der Waals surface area contributed by atoms with E-state index in [9.17, 15) is 4.79 Å². The molecule has 2 aliphatic rings. The molecule has 0 radical (unpaired) electrons. The Hall–Kier alpha value is -1.75. The van der Waals surface area contributed by atoms with E-state index in [0.29, 0.717) is 0 Å². The van der Waals surface area contributed by atoms with Crippen LogP contribution in [0.1, 0.15) is 24.0 Å². The number of carbonyl (C=O) groups excluding carboxylic acids is 1. The van der Waals surface area contributed by atoms with Crippen LogP contribution in [0.5, 0.6) is 11.5 Å². The molecule has 1 aromatic carbocycles. The van der Waals surface area contributed by atoms with E-state index in [-0.39, 0.29) is 12.7 Å². The Balaban J connectivity index is 2.00. The summed E-state index contributed by atoms with van der Waals surface area (Å²) in [4.78, 5) is 12.1. The minimum atomic E-state index is -0.395. The molecule has 96 valence electrons. The number of hydrazine groups is 1. The summed E-state index contributed by atoms with van der Waals surface area (Å²) in [6.07, 6.45) is 1.75. The van der Waals surface area contributed by atoms with Crippen molar-refractivity contribution in [1.82, 2.24) is 10.9 Å². The zero-order chi connectivity index (χ0) is 12.8. The Kier molecular flexibility index (Phi) is 2.45. The fourth-order valence-corrected chi connectivity index (χ4v) is 2.54. The molecule has 0 aromatic heterocycles. The van der Waals surface area contributed by atoms with Crippen LogP contribution in [0.25, 0.3) is 0 Å². The molecule has 0 unspecified atom stereocenters. The molecule has 18 heavy (non-hydrogen) atoms. The number of ether oxygens (including phenoxy) is 2. The van der Waals surface area contributed by atoms with Crippen molar-refractivity contribution in [2.24, 2.45) is 0 Å². The van der Waals surface area contributed by atoms with Crippen molar-refractivity contribution in [3.05, 3.63) is 23.3 Å². The molecule has 1 heterocycles. The lowest BCUT2D eigenvalue weighted by Gasteiger charge is -2.18. The van der Waals surface area contributed by atoms with E-state index in [1.54, 1.807) is 7.05 Å². The molecule has 1 aliphatic carbocycles. The average Bonchev–Trinajstić information content (AvgIpc) is 3.03. The number of amides is 1. The van der Waals surface area contributed by atoms with Crippen LogP contribution in [-0.4, -0.2) is 19.7 Å². The highest BCUT2D eigenvalue weighted by Crippen LogP contribution is 2.51. The minimum Gasteiger partial charge on any atom is -0.454 e. The third kappa shape index (κ3) is 1.54. The largest absolute Gasteiger partial charge is 0.454 e. The highest BCUT2D eigenvalue weighted by Gasteiger charge is 2.52. The monoisotopic (exact) mass is 248 g/mol. The Labute approximate surface area is 105 Å². The van der Waals surface area contributed by atoms with Gasteiger partial charge in [-0.3, -0.25) is 10.2 Å². The Bertz CT molecular complexity index is 509. The molecule has 0 saturated heterocycles. The molecular weight excluding hydrogens is 232 g/mol. The highest BCUT2D eigenvalue weighted by atomic mass is 16.7. The fourth-order valence-electron chi connectivity index (χ4n) is 2.54. The fraction of sp³-hybridized carbons (Fsp3) is 0.462. The lowest BCUT2D eigenvalue weighted by molar-refractivity contribution is -0.124. The van der Waals surface area contributed by atoms with E-state index in [1.807, 2.05) is 19.1 Å². The van der Waals surface area contributed by atoms with Gasteiger partial charge < -0.3 is 9.47 Å². The molecule has 1 fully saturated rings. The molecule has 5 heteroatoms. The normalized spacial score (nSPS) is 18.6. The van der Waals surface area contributed by atoms with E-state index in [0.717, 1.165) is 35.5 Å². The first-order valence-corrected chi connectivity index (χ1v) is 6.05. The maximum absolute atomic E-state index is 12.1. The van der Waals surface area contributed by atoms with E-state index in [1.165, 1.54) is 0 Å². The van der Waals surface area contributed by atoms with E-state index >= 15 is 0 Å². The number of carbonyl (C=O) groups is 1. The Morgan fingerprint density at radius 1 is 1.28 bits per heavy atom. The van der Waals surface area contributed by atoms with Crippen LogP contribution in [0.2, 0.25) is 0 Å². The van der Waals surface area contributed by atoms with Gasteiger partial charge in [0.15, 0.2) is 11.5 Å². The smallest absolute Gasteiger partial charge is 0.244 e. The second kappa shape index (κ2) is 3.88. The number of benzene rings is 1. The van der Waals surface area contributed by atoms with E-state index in [4.69, 9.17) is 9.47 Å². The molecule has 0 atom stereocenters. The van der Waals surface area contributed by atoms with Gasteiger partial charge in [-0.25, -0.2) is 5.43 Å². The summed E-state index contributed by atoms with van der Waals surface area (Å²) in [5, 5.41) is 0. The lowest BCUT2D eigenvalue weighted by atomic mass is 9.90. The molecule has 1 aliphatic heterocycles. The van der Waals surface area contributed by atoms with E-state index in [2.05, 4.69) is 10.9 Å². The van der Waals surface area contributed by atoms with Gasteiger partial charge in [0, 0.05) is 7.05 Å². The van der Waals surface area contributed by atoms with Crippen molar-refractivity contribution in [2.45, 2.75) is 25.2 Å². The molecule has 5 nitrogen and oxygen atoms in total. The van der Waals surface area contributed by atoms with Gasteiger partial charge in [0.25, 0.3) is 0 Å². The third-order valence-electron chi connectivity index (χ3n) is 3.66. The van der Waals surface area contributed by atoms with Gasteiger partial charge in [-0.2, -0.15) is 0 Å². The molecule has 0 spiro atoms. The molecule has 2 N–H and O–H groups in total. The first kappa shape index (κ1) is 11.3. The van der Waals surface area contributed by atoms with E-state index < -0.39 is 5.41 Å².